The van der Waals surface area contributed by atoms with Crippen molar-refractivity contribution in [3.05, 3.63) is 0 Å². The first kappa shape index (κ1) is 12.7. The maximum absolute atomic E-state index is 12.5. The highest BCUT2D eigenvalue weighted by Gasteiger charge is 2.64. The molecule has 0 aromatic rings. The molecule has 0 unspecified atom stereocenters. The molecule has 2 rings (SSSR count). The number of alkyl halides is 2. The number of carbonyl (C=O) groups excluding carboxylic acids is 1. The molecule has 2 atom stereocenters. The van der Waals surface area contributed by atoms with Gasteiger partial charge in [-0.1, -0.05) is 0 Å². The fourth-order valence-corrected chi connectivity index (χ4v) is 3.30. The van der Waals surface area contributed by atoms with Gasteiger partial charge < -0.3 is 5.32 Å². The second kappa shape index (κ2) is 3.88. The minimum atomic E-state index is -3.67. The Bertz CT molecular complexity index is 436. The van der Waals surface area contributed by atoms with Crippen LogP contribution in [0.15, 0.2) is 0 Å². The molecule has 0 heterocycles. The zero-order valence-electron chi connectivity index (χ0n) is 9.24. The SMILES string of the molecule is CN[C@]1(C(=O)NS(=O)(=O)C2CC2)C[C@H]1C(F)F. The maximum Gasteiger partial charge on any atom is 0.254 e. The van der Waals surface area contributed by atoms with E-state index in [4.69, 9.17) is 0 Å². The summed E-state index contributed by atoms with van der Waals surface area (Å²) in [6, 6.07) is 0. The molecule has 8 heteroatoms. The molecule has 2 saturated carbocycles. The first-order valence-electron chi connectivity index (χ1n) is 5.36. The predicted octanol–water partition coefficient (Wildman–Crippen LogP) is -0.162. The molecule has 0 aliphatic heterocycles. The van der Waals surface area contributed by atoms with Gasteiger partial charge in [-0.25, -0.2) is 17.2 Å². The van der Waals surface area contributed by atoms with Gasteiger partial charge in [-0.05, 0) is 26.3 Å². The molecule has 2 aliphatic carbocycles. The quantitative estimate of drug-likeness (QED) is 0.726. The lowest BCUT2D eigenvalue weighted by Crippen LogP contribution is -2.49. The Balaban J connectivity index is 2.05. The van der Waals surface area contributed by atoms with Crippen LogP contribution in [-0.2, 0) is 14.8 Å². The number of likely N-dealkylation sites (N-methyl/N-ethyl adjacent to an activating group) is 1. The molecular weight excluding hydrogens is 254 g/mol. The van der Waals surface area contributed by atoms with Crippen LogP contribution in [0.1, 0.15) is 19.3 Å². The molecule has 2 fully saturated rings. The van der Waals surface area contributed by atoms with Gasteiger partial charge in [0.1, 0.15) is 5.54 Å². The highest BCUT2D eigenvalue weighted by molar-refractivity contribution is 7.90. The predicted molar refractivity (Wildman–Crippen MR) is 56.0 cm³/mol. The van der Waals surface area contributed by atoms with E-state index in [-0.39, 0.29) is 6.42 Å². The summed E-state index contributed by atoms with van der Waals surface area (Å²) in [7, 11) is -2.29. The summed E-state index contributed by atoms with van der Waals surface area (Å²) in [5.74, 6) is -1.97. The third-order valence-electron chi connectivity index (χ3n) is 3.37. The standard InChI is InChI=1S/C9H14F2N2O3S/c1-12-9(4-6(9)7(10)11)8(14)13-17(15,16)5-2-3-5/h5-7,12H,2-4H2,1H3,(H,13,14)/t6-,9+/m0/s1. The lowest BCUT2D eigenvalue weighted by molar-refractivity contribution is -0.123. The highest BCUT2D eigenvalue weighted by Crippen LogP contribution is 2.47. The van der Waals surface area contributed by atoms with Gasteiger partial charge in [-0.2, -0.15) is 0 Å². The molecule has 0 aromatic heterocycles. The lowest BCUT2D eigenvalue weighted by Gasteiger charge is -2.16. The molecule has 2 aliphatic rings. The molecule has 0 radical (unpaired) electrons. The molecular formula is C9H14F2N2O3S. The van der Waals surface area contributed by atoms with Crippen molar-refractivity contribution in [2.45, 2.75) is 36.5 Å². The maximum atomic E-state index is 12.5. The van der Waals surface area contributed by atoms with Crippen LogP contribution in [0.25, 0.3) is 0 Å². The zero-order chi connectivity index (χ0) is 12.8. The van der Waals surface area contributed by atoms with E-state index in [0.717, 1.165) is 0 Å². The van der Waals surface area contributed by atoms with Crippen molar-refractivity contribution in [3.63, 3.8) is 0 Å². The molecule has 0 saturated heterocycles. The normalized spacial score (nSPS) is 32.6. The van der Waals surface area contributed by atoms with Crippen LogP contribution in [0.4, 0.5) is 8.78 Å². The Morgan fingerprint density at radius 1 is 1.41 bits per heavy atom. The molecule has 1 amide bonds. The average molecular weight is 268 g/mol. The number of rotatable bonds is 5. The van der Waals surface area contributed by atoms with E-state index in [0.29, 0.717) is 12.8 Å². The first-order chi connectivity index (χ1) is 7.83. The van der Waals surface area contributed by atoms with Gasteiger partial charge >= 0.3 is 0 Å². The third-order valence-corrected chi connectivity index (χ3v) is 5.19. The summed E-state index contributed by atoms with van der Waals surface area (Å²) < 4.78 is 49.9. The minimum absolute atomic E-state index is 0.0345. The Labute approximate surface area is 98.0 Å². The topological polar surface area (TPSA) is 75.3 Å². The third kappa shape index (κ3) is 2.15. The summed E-state index contributed by atoms with van der Waals surface area (Å²) in [4.78, 5) is 11.7. The van der Waals surface area contributed by atoms with Gasteiger partial charge in [0, 0.05) is 5.92 Å². The van der Waals surface area contributed by atoms with Crippen LogP contribution in [-0.4, -0.2) is 38.6 Å². The molecule has 0 aromatic carbocycles. The summed E-state index contributed by atoms with van der Waals surface area (Å²) in [5, 5.41) is 1.97. The Hall–Kier alpha value is -0.760. The van der Waals surface area contributed by atoms with E-state index in [1.165, 1.54) is 7.05 Å². The first-order valence-corrected chi connectivity index (χ1v) is 6.91. The lowest BCUT2D eigenvalue weighted by atomic mass is 10.2. The number of sulfonamides is 1. The van der Waals surface area contributed by atoms with Crippen LogP contribution in [0.2, 0.25) is 0 Å². The number of nitrogens with one attached hydrogen (secondary N) is 2. The Kier molecular flexibility index (Phi) is 2.89. The van der Waals surface area contributed by atoms with Crippen molar-refractivity contribution in [1.29, 1.82) is 0 Å². The van der Waals surface area contributed by atoms with Crippen molar-refractivity contribution in [2.75, 3.05) is 7.05 Å². The molecule has 5 nitrogen and oxygen atoms in total. The van der Waals surface area contributed by atoms with Crippen molar-refractivity contribution in [2.24, 2.45) is 5.92 Å². The highest BCUT2D eigenvalue weighted by atomic mass is 32.2. The van der Waals surface area contributed by atoms with Crippen molar-refractivity contribution in [3.8, 4) is 0 Å². The number of carbonyl (C=O) groups is 1. The number of amides is 1. The molecule has 98 valence electrons. The second-order valence-electron chi connectivity index (χ2n) is 4.54. The Morgan fingerprint density at radius 2 is 2.00 bits per heavy atom. The van der Waals surface area contributed by atoms with Crippen molar-refractivity contribution in [1.82, 2.24) is 10.0 Å². The smallest absolute Gasteiger partial charge is 0.254 e. The monoisotopic (exact) mass is 268 g/mol. The number of hydrogen-bond acceptors (Lipinski definition) is 4. The number of halogens is 2. The molecule has 0 bridgehead atoms. The van der Waals surface area contributed by atoms with Gasteiger partial charge in [-0.15, -0.1) is 0 Å². The molecule has 17 heavy (non-hydrogen) atoms. The fourth-order valence-electron chi connectivity index (χ4n) is 1.94. The van der Waals surface area contributed by atoms with Crippen molar-refractivity contribution < 1.29 is 22.0 Å². The van der Waals surface area contributed by atoms with E-state index < -0.39 is 39.1 Å². The Morgan fingerprint density at radius 3 is 2.35 bits per heavy atom. The zero-order valence-corrected chi connectivity index (χ0v) is 10.1. The van der Waals surface area contributed by atoms with E-state index in [1.807, 2.05) is 4.72 Å². The minimum Gasteiger partial charge on any atom is -0.306 e. The van der Waals surface area contributed by atoms with E-state index >= 15 is 0 Å². The van der Waals surface area contributed by atoms with Gasteiger partial charge in [0.2, 0.25) is 16.4 Å². The summed E-state index contributed by atoms with van der Waals surface area (Å²) in [6.45, 7) is 0. The van der Waals surface area contributed by atoms with Crippen LogP contribution in [0.3, 0.4) is 0 Å². The van der Waals surface area contributed by atoms with Gasteiger partial charge in [0.05, 0.1) is 5.25 Å². The summed E-state index contributed by atoms with van der Waals surface area (Å²) in [5.41, 5.74) is -1.42. The van der Waals surface area contributed by atoms with Gasteiger partial charge in [-0.3, -0.25) is 9.52 Å². The largest absolute Gasteiger partial charge is 0.306 e. The van der Waals surface area contributed by atoms with E-state index in [2.05, 4.69) is 5.32 Å². The molecule has 2 N–H and O–H groups in total. The van der Waals surface area contributed by atoms with Crippen LogP contribution < -0.4 is 10.0 Å². The summed E-state index contributed by atoms with van der Waals surface area (Å²) in [6.07, 6.45) is -1.62. The average Bonchev–Trinajstić information content (AvgIpc) is 3.10. The van der Waals surface area contributed by atoms with E-state index in [9.17, 15) is 22.0 Å². The van der Waals surface area contributed by atoms with Crippen LogP contribution in [0.5, 0.6) is 0 Å². The van der Waals surface area contributed by atoms with Gasteiger partial charge in [0.25, 0.3) is 5.91 Å². The summed E-state index contributed by atoms with van der Waals surface area (Å²) >= 11 is 0. The fraction of sp³-hybridized carbons (Fsp3) is 0.889. The molecule has 0 spiro atoms. The van der Waals surface area contributed by atoms with Gasteiger partial charge in [0.15, 0.2) is 0 Å². The van der Waals surface area contributed by atoms with Crippen LogP contribution in [0, 0.1) is 5.92 Å². The van der Waals surface area contributed by atoms with E-state index in [1.54, 1.807) is 0 Å². The van der Waals surface area contributed by atoms with Crippen LogP contribution >= 0.6 is 0 Å². The number of hydrogen-bond donors (Lipinski definition) is 2. The second-order valence-corrected chi connectivity index (χ2v) is 6.50. The van der Waals surface area contributed by atoms with Crippen molar-refractivity contribution >= 4 is 15.9 Å².